The van der Waals surface area contributed by atoms with Crippen molar-refractivity contribution >= 4 is 22.8 Å². The zero-order chi connectivity index (χ0) is 22.8. The van der Waals surface area contributed by atoms with Crippen LogP contribution in [0.15, 0.2) is 46.9 Å². The number of nitrogens with one attached hydrogen (secondary N) is 1. The molecule has 3 aromatic rings. The van der Waals surface area contributed by atoms with E-state index in [4.69, 9.17) is 4.42 Å². The molecule has 1 aromatic heterocycles. The van der Waals surface area contributed by atoms with Crippen molar-refractivity contribution in [1.82, 2.24) is 10.2 Å². The van der Waals surface area contributed by atoms with Gasteiger partial charge in [-0.05, 0) is 50.1 Å². The molecule has 1 unspecified atom stereocenters. The Morgan fingerprint density at radius 3 is 2.81 bits per heavy atom. The molecule has 1 N–H and O–H groups in total. The fourth-order valence-electron chi connectivity index (χ4n) is 3.98. The predicted molar refractivity (Wildman–Crippen MR) is 110 cm³/mol. The van der Waals surface area contributed by atoms with Crippen molar-refractivity contribution in [3.05, 3.63) is 65.2 Å². The SMILES string of the molecule is Cc1c(CNC(=O)C2CCCN2C(=O)c2ccccc2OC(F)F)oc2ccc(F)cc12. The van der Waals surface area contributed by atoms with Crippen LogP contribution in [-0.4, -0.2) is 35.9 Å². The molecule has 1 aliphatic heterocycles. The second-order valence-electron chi connectivity index (χ2n) is 7.54. The van der Waals surface area contributed by atoms with E-state index in [1.54, 1.807) is 13.0 Å². The van der Waals surface area contributed by atoms with Gasteiger partial charge in [-0.2, -0.15) is 8.78 Å². The number of carbonyl (C=O) groups is 2. The largest absolute Gasteiger partial charge is 0.459 e. The van der Waals surface area contributed by atoms with Crippen LogP contribution in [0.5, 0.6) is 5.75 Å². The average Bonchev–Trinajstić information content (AvgIpc) is 3.37. The van der Waals surface area contributed by atoms with Crippen molar-refractivity contribution < 1.29 is 31.9 Å². The molecule has 32 heavy (non-hydrogen) atoms. The summed E-state index contributed by atoms with van der Waals surface area (Å²) >= 11 is 0. The highest BCUT2D eigenvalue weighted by Crippen LogP contribution is 2.28. The molecule has 168 valence electrons. The topological polar surface area (TPSA) is 71.8 Å². The predicted octanol–water partition coefficient (Wildman–Crippen LogP) is 4.40. The Hall–Kier alpha value is -3.49. The molecule has 6 nitrogen and oxygen atoms in total. The van der Waals surface area contributed by atoms with Crippen molar-refractivity contribution in [1.29, 1.82) is 0 Å². The van der Waals surface area contributed by atoms with Gasteiger partial charge in [-0.15, -0.1) is 0 Å². The van der Waals surface area contributed by atoms with Crippen molar-refractivity contribution in [2.75, 3.05) is 6.54 Å². The maximum absolute atomic E-state index is 13.5. The molecule has 1 saturated heterocycles. The Bertz CT molecular complexity index is 1160. The van der Waals surface area contributed by atoms with E-state index in [1.165, 1.54) is 41.3 Å². The first-order valence-electron chi connectivity index (χ1n) is 10.1. The number of rotatable bonds is 6. The van der Waals surface area contributed by atoms with Gasteiger partial charge in [-0.25, -0.2) is 4.39 Å². The number of ether oxygens (including phenoxy) is 1. The lowest BCUT2D eigenvalue weighted by Gasteiger charge is -2.24. The van der Waals surface area contributed by atoms with Gasteiger partial charge in [0.05, 0.1) is 12.1 Å². The Labute approximate surface area is 181 Å². The minimum atomic E-state index is -3.07. The Balaban J connectivity index is 1.47. The number of furan rings is 1. The van der Waals surface area contributed by atoms with Gasteiger partial charge in [-0.1, -0.05) is 12.1 Å². The van der Waals surface area contributed by atoms with Crippen LogP contribution in [0.25, 0.3) is 11.0 Å². The summed E-state index contributed by atoms with van der Waals surface area (Å²) < 4.78 is 49.1. The van der Waals surface area contributed by atoms with Crippen LogP contribution in [0, 0.1) is 12.7 Å². The highest BCUT2D eigenvalue weighted by Gasteiger charge is 2.35. The molecule has 1 atom stereocenters. The molecule has 0 aliphatic carbocycles. The number of alkyl halides is 2. The number of para-hydroxylation sites is 1. The van der Waals surface area contributed by atoms with Crippen molar-refractivity contribution in [3.63, 3.8) is 0 Å². The number of halogens is 3. The number of hydrogen-bond donors (Lipinski definition) is 1. The third kappa shape index (κ3) is 4.28. The Morgan fingerprint density at radius 1 is 1.25 bits per heavy atom. The van der Waals surface area contributed by atoms with Crippen LogP contribution in [0.4, 0.5) is 13.2 Å². The normalized spacial score (nSPS) is 16.0. The molecule has 1 fully saturated rings. The quantitative estimate of drug-likeness (QED) is 0.609. The van der Waals surface area contributed by atoms with Gasteiger partial charge in [-0.3, -0.25) is 9.59 Å². The number of carbonyl (C=O) groups excluding carboxylic acids is 2. The summed E-state index contributed by atoms with van der Waals surface area (Å²) in [6.07, 6.45) is 1.05. The van der Waals surface area contributed by atoms with E-state index in [-0.39, 0.29) is 29.6 Å². The van der Waals surface area contributed by atoms with Crippen LogP contribution in [0.3, 0.4) is 0 Å². The van der Waals surface area contributed by atoms with Gasteiger partial charge in [0.15, 0.2) is 0 Å². The minimum Gasteiger partial charge on any atom is -0.459 e. The first kappa shape index (κ1) is 21.7. The number of likely N-dealkylation sites (tertiary alicyclic amines) is 1. The van der Waals surface area contributed by atoms with Gasteiger partial charge < -0.3 is 19.4 Å². The number of nitrogens with zero attached hydrogens (tertiary/aromatic N) is 1. The zero-order valence-corrected chi connectivity index (χ0v) is 17.2. The highest BCUT2D eigenvalue weighted by molar-refractivity contribution is 6.00. The summed E-state index contributed by atoms with van der Waals surface area (Å²) in [4.78, 5) is 27.2. The smallest absolute Gasteiger partial charge is 0.387 e. The molecular weight excluding hydrogens is 425 g/mol. The van der Waals surface area contributed by atoms with E-state index in [0.717, 1.165) is 5.56 Å². The maximum atomic E-state index is 13.5. The molecule has 0 spiro atoms. The zero-order valence-electron chi connectivity index (χ0n) is 17.2. The third-order valence-electron chi connectivity index (χ3n) is 5.57. The summed E-state index contributed by atoms with van der Waals surface area (Å²) in [5.74, 6) is -1.05. The lowest BCUT2D eigenvalue weighted by Crippen LogP contribution is -2.45. The Kier molecular flexibility index (Phi) is 6.07. The van der Waals surface area contributed by atoms with E-state index >= 15 is 0 Å². The van der Waals surface area contributed by atoms with Crippen molar-refractivity contribution in [2.45, 2.75) is 39.0 Å². The summed E-state index contributed by atoms with van der Waals surface area (Å²) in [5, 5.41) is 3.40. The maximum Gasteiger partial charge on any atom is 0.387 e. The fraction of sp³-hybridized carbons (Fsp3) is 0.304. The lowest BCUT2D eigenvalue weighted by atomic mass is 10.1. The molecule has 2 amide bonds. The van der Waals surface area contributed by atoms with Crippen LogP contribution >= 0.6 is 0 Å². The number of aryl methyl sites for hydroxylation is 1. The molecule has 0 saturated carbocycles. The molecule has 9 heteroatoms. The minimum absolute atomic E-state index is 0.0253. The summed E-state index contributed by atoms with van der Waals surface area (Å²) in [6.45, 7) is -0.895. The molecule has 2 aromatic carbocycles. The van der Waals surface area contributed by atoms with E-state index < -0.39 is 18.6 Å². The molecule has 1 aliphatic rings. The Morgan fingerprint density at radius 2 is 2.03 bits per heavy atom. The van der Waals surface area contributed by atoms with Crippen LogP contribution in [0.1, 0.15) is 34.5 Å². The molecular formula is C23H21F3N2O4. The standard InChI is InChI=1S/C23H21F3N2O4/c1-13-16-11-14(24)8-9-19(16)31-20(13)12-27-21(29)17-6-4-10-28(17)22(30)15-5-2-3-7-18(15)32-23(25)26/h2-3,5,7-9,11,17,23H,4,6,10,12H2,1H3,(H,27,29). The fourth-order valence-corrected chi connectivity index (χ4v) is 3.98. The van der Waals surface area contributed by atoms with Crippen LogP contribution in [0.2, 0.25) is 0 Å². The summed E-state index contributed by atoms with van der Waals surface area (Å²) in [5.41, 5.74) is 1.21. The van der Waals surface area contributed by atoms with Crippen molar-refractivity contribution in [2.24, 2.45) is 0 Å². The first-order chi connectivity index (χ1) is 15.3. The van der Waals surface area contributed by atoms with E-state index in [9.17, 15) is 22.8 Å². The second-order valence-corrected chi connectivity index (χ2v) is 7.54. The number of amides is 2. The third-order valence-corrected chi connectivity index (χ3v) is 5.57. The number of benzene rings is 2. The van der Waals surface area contributed by atoms with E-state index in [2.05, 4.69) is 10.1 Å². The van der Waals surface area contributed by atoms with E-state index in [0.29, 0.717) is 36.1 Å². The number of fused-ring (bicyclic) bond motifs is 1. The molecule has 0 radical (unpaired) electrons. The van der Waals surface area contributed by atoms with Gasteiger partial charge >= 0.3 is 6.61 Å². The number of hydrogen-bond acceptors (Lipinski definition) is 4. The monoisotopic (exact) mass is 446 g/mol. The second kappa shape index (κ2) is 8.94. The van der Waals surface area contributed by atoms with Crippen LogP contribution in [-0.2, 0) is 11.3 Å². The van der Waals surface area contributed by atoms with Gasteiger partial charge in [0.1, 0.15) is 29.0 Å². The van der Waals surface area contributed by atoms with Gasteiger partial charge in [0.2, 0.25) is 5.91 Å². The lowest BCUT2D eigenvalue weighted by molar-refractivity contribution is -0.125. The molecule has 4 rings (SSSR count). The van der Waals surface area contributed by atoms with E-state index in [1.807, 2.05) is 0 Å². The molecule has 0 bridgehead atoms. The average molecular weight is 446 g/mol. The van der Waals surface area contributed by atoms with Crippen LogP contribution < -0.4 is 10.1 Å². The van der Waals surface area contributed by atoms with Gasteiger partial charge in [0.25, 0.3) is 5.91 Å². The molecule has 2 heterocycles. The summed E-state index contributed by atoms with van der Waals surface area (Å²) in [7, 11) is 0. The van der Waals surface area contributed by atoms with Crippen molar-refractivity contribution in [3.8, 4) is 5.75 Å². The summed E-state index contributed by atoms with van der Waals surface area (Å²) in [6, 6.07) is 9.17. The first-order valence-corrected chi connectivity index (χ1v) is 10.1. The van der Waals surface area contributed by atoms with Gasteiger partial charge in [0, 0.05) is 17.5 Å². The highest BCUT2D eigenvalue weighted by atomic mass is 19.3.